The summed E-state index contributed by atoms with van der Waals surface area (Å²) in [5, 5.41) is 0. The molecule has 86 valence electrons. The second-order valence-corrected chi connectivity index (χ2v) is 3.55. The molecule has 0 amide bonds. The van der Waals surface area contributed by atoms with Crippen LogP contribution in [0.3, 0.4) is 0 Å². The molecule has 1 atom stereocenters. The fraction of sp³-hybridized carbons (Fsp3) is 0.385. The van der Waals surface area contributed by atoms with Gasteiger partial charge >= 0.3 is 0 Å². The maximum Gasteiger partial charge on any atom is 0.119 e. The summed E-state index contributed by atoms with van der Waals surface area (Å²) < 4.78 is 5.55. The number of terminal acetylenes is 1. The predicted octanol–water partition coefficient (Wildman–Crippen LogP) is 2.00. The molecule has 3 N–H and O–H groups in total. The minimum Gasteiger partial charge on any atom is -0.494 e. The van der Waals surface area contributed by atoms with Crippen molar-refractivity contribution in [3.63, 3.8) is 0 Å². The monoisotopic (exact) mass is 218 g/mol. The first-order valence-corrected chi connectivity index (χ1v) is 5.44. The van der Waals surface area contributed by atoms with Crippen LogP contribution < -0.4 is 16.0 Å². The van der Waals surface area contributed by atoms with Gasteiger partial charge in [0.05, 0.1) is 12.6 Å². The summed E-state index contributed by atoms with van der Waals surface area (Å²) in [6.07, 6.45) is 6.84. The van der Waals surface area contributed by atoms with Crippen LogP contribution in [0.5, 0.6) is 5.75 Å². The van der Waals surface area contributed by atoms with Crippen LogP contribution in [-0.4, -0.2) is 6.61 Å². The van der Waals surface area contributed by atoms with Crippen LogP contribution in [0.4, 0.5) is 0 Å². The van der Waals surface area contributed by atoms with Crippen molar-refractivity contribution in [1.82, 2.24) is 5.43 Å². The standard InChI is InChI=1S/C13H18N2O/c1-3-6-13(15-14)11-7-5-8-12(10-11)16-9-4-2/h1,5,7-8,10,13,15H,4,6,9,14H2,2H3. The summed E-state index contributed by atoms with van der Waals surface area (Å²) in [5.41, 5.74) is 3.75. The number of hydrazine groups is 1. The van der Waals surface area contributed by atoms with Crippen LogP contribution in [0, 0.1) is 12.3 Å². The van der Waals surface area contributed by atoms with Crippen molar-refractivity contribution in [3.8, 4) is 18.1 Å². The lowest BCUT2D eigenvalue weighted by atomic mass is 10.0. The minimum atomic E-state index is -0.0184. The van der Waals surface area contributed by atoms with Gasteiger partial charge in [-0.05, 0) is 24.1 Å². The SMILES string of the molecule is C#CCC(NN)c1cccc(OCCC)c1. The average molecular weight is 218 g/mol. The summed E-state index contributed by atoms with van der Waals surface area (Å²) in [7, 11) is 0. The summed E-state index contributed by atoms with van der Waals surface area (Å²) >= 11 is 0. The number of nitrogens with two attached hydrogens (primary N) is 1. The maximum atomic E-state index is 5.55. The molecule has 0 saturated heterocycles. The molecule has 1 unspecified atom stereocenters. The van der Waals surface area contributed by atoms with Gasteiger partial charge in [0.25, 0.3) is 0 Å². The Kier molecular flexibility index (Phi) is 5.41. The predicted molar refractivity (Wildman–Crippen MR) is 65.7 cm³/mol. The zero-order chi connectivity index (χ0) is 11.8. The van der Waals surface area contributed by atoms with Gasteiger partial charge in [-0.15, -0.1) is 12.3 Å². The molecule has 1 rings (SSSR count). The smallest absolute Gasteiger partial charge is 0.119 e. The van der Waals surface area contributed by atoms with Crippen molar-refractivity contribution in [1.29, 1.82) is 0 Å². The van der Waals surface area contributed by atoms with E-state index in [4.69, 9.17) is 17.0 Å². The highest BCUT2D eigenvalue weighted by molar-refractivity contribution is 5.31. The molecule has 0 saturated carbocycles. The first-order chi connectivity index (χ1) is 7.81. The van der Waals surface area contributed by atoms with Gasteiger partial charge in [0.15, 0.2) is 0 Å². The van der Waals surface area contributed by atoms with Crippen LogP contribution in [0.2, 0.25) is 0 Å². The largest absolute Gasteiger partial charge is 0.494 e. The van der Waals surface area contributed by atoms with E-state index in [-0.39, 0.29) is 6.04 Å². The second-order valence-electron chi connectivity index (χ2n) is 3.55. The van der Waals surface area contributed by atoms with E-state index in [0.717, 1.165) is 24.3 Å². The van der Waals surface area contributed by atoms with Gasteiger partial charge in [0, 0.05) is 6.42 Å². The lowest BCUT2D eigenvalue weighted by molar-refractivity contribution is 0.316. The summed E-state index contributed by atoms with van der Waals surface area (Å²) in [6, 6.07) is 7.82. The van der Waals surface area contributed by atoms with E-state index in [1.807, 2.05) is 24.3 Å². The van der Waals surface area contributed by atoms with E-state index in [0.29, 0.717) is 6.42 Å². The number of benzene rings is 1. The third-order valence-corrected chi connectivity index (χ3v) is 2.26. The second kappa shape index (κ2) is 6.89. The molecule has 0 aromatic heterocycles. The molecule has 0 spiro atoms. The quantitative estimate of drug-likeness (QED) is 0.436. The molecule has 0 aliphatic heterocycles. The molecule has 0 aliphatic rings. The van der Waals surface area contributed by atoms with Crippen molar-refractivity contribution >= 4 is 0 Å². The van der Waals surface area contributed by atoms with Crippen molar-refractivity contribution in [2.45, 2.75) is 25.8 Å². The number of hydrogen-bond acceptors (Lipinski definition) is 3. The van der Waals surface area contributed by atoms with Gasteiger partial charge in [-0.3, -0.25) is 11.3 Å². The van der Waals surface area contributed by atoms with E-state index < -0.39 is 0 Å². The lowest BCUT2D eigenvalue weighted by Crippen LogP contribution is -2.27. The third-order valence-electron chi connectivity index (χ3n) is 2.26. The average Bonchev–Trinajstić information content (AvgIpc) is 2.33. The minimum absolute atomic E-state index is 0.0184. The van der Waals surface area contributed by atoms with E-state index >= 15 is 0 Å². The first-order valence-electron chi connectivity index (χ1n) is 5.44. The number of nitrogens with one attached hydrogen (secondary N) is 1. The van der Waals surface area contributed by atoms with Gasteiger partial charge in [0.1, 0.15) is 5.75 Å². The summed E-state index contributed by atoms with van der Waals surface area (Å²) in [4.78, 5) is 0. The fourth-order valence-electron chi connectivity index (χ4n) is 1.43. The Bertz CT molecular complexity index is 357. The summed E-state index contributed by atoms with van der Waals surface area (Å²) in [6.45, 7) is 2.80. The number of hydrogen-bond donors (Lipinski definition) is 2. The maximum absolute atomic E-state index is 5.55. The highest BCUT2D eigenvalue weighted by Crippen LogP contribution is 2.20. The number of rotatable bonds is 6. The molecule has 0 radical (unpaired) electrons. The van der Waals surface area contributed by atoms with E-state index in [1.54, 1.807) is 0 Å². The van der Waals surface area contributed by atoms with Crippen LogP contribution in [0.15, 0.2) is 24.3 Å². The van der Waals surface area contributed by atoms with Gasteiger partial charge in [-0.25, -0.2) is 0 Å². The third kappa shape index (κ3) is 3.58. The van der Waals surface area contributed by atoms with E-state index in [9.17, 15) is 0 Å². The molecule has 1 aromatic carbocycles. The lowest BCUT2D eigenvalue weighted by Gasteiger charge is -2.14. The van der Waals surface area contributed by atoms with Gasteiger partial charge in [-0.1, -0.05) is 19.1 Å². The Morgan fingerprint density at radius 1 is 1.56 bits per heavy atom. The van der Waals surface area contributed by atoms with Crippen molar-refractivity contribution in [2.24, 2.45) is 5.84 Å². The van der Waals surface area contributed by atoms with Crippen molar-refractivity contribution in [2.75, 3.05) is 6.61 Å². The van der Waals surface area contributed by atoms with Crippen LogP contribution >= 0.6 is 0 Å². The molecule has 16 heavy (non-hydrogen) atoms. The van der Waals surface area contributed by atoms with Crippen molar-refractivity contribution < 1.29 is 4.74 Å². The van der Waals surface area contributed by atoms with E-state index in [2.05, 4.69) is 18.3 Å². The zero-order valence-electron chi connectivity index (χ0n) is 9.57. The first kappa shape index (κ1) is 12.6. The van der Waals surface area contributed by atoms with Gasteiger partial charge < -0.3 is 4.74 Å². The molecule has 1 aromatic rings. The van der Waals surface area contributed by atoms with Crippen LogP contribution in [0.1, 0.15) is 31.4 Å². The normalized spacial score (nSPS) is 11.8. The Labute approximate surface area is 97.0 Å². The molecule has 0 heterocycles. The van der Waals surface area contributed by atoms with E-state index in [1.165, 1.54) is 0 Å². The zero-order valence-corrected chi connectivity index (χ0v) is 9.57. The Balaban J connectivity index is 2.76. The Morgan fingerprint density at radius 3 is 3.00 bits per heavy atom. The molecule has 0 fully saturated rings. The molecule has 0 bridgehead atoms. The molecular formula is C13H18N2O. The van der Waals surface area contributed by atoms with Crippen LogP contribution in [-0.2, 0) is 0 Å². The highest BCUT2D eigenvalue weighted by Gasteiger charge is 2.08. The number of ether oxygens (including phenoxy) is 1. The molecule has 3 heteroatoms. The Hall–Kier alpha value is -1.50. The highest BCUT2D eigenvalue weighted by atomic mass is 16.5. The Morgan fingerprint density at radius 2 is 2.38 bits per heavy atom. The van der Waals surface area contributed by atoms with Crippen LogP contribution in [0.25, 0.3) is 0 Å². The summed E-state index contributed by atoms with van der Waals surface area (Å²) in [5.74, 6) is 8.91. The molecular weight excluding hydrogens is 200 g/mol. The molecule has 0 aliphatic carbocycles. The van der Waals surface area contributed by atoms with Gasteiger partial charge in [-0.2, -0.15) is 0 Å². The molecule has 3 nitrogen and oxygen atoms in total. The van der Waals surface area contributed by atoms with Gasteiger partial charge in [0.2, 0.25) is 0 Å². The fourth-order valence-corrected chi connectivity index (χ4v) is 1.43. The van der Waals surface area contributed by atoms with Crippen molar-refractivity contribution in [3.05, 3.63) is 29.8 Å². The topological polar surface area (TPSA) is 47.3 Å².